The van der Waals surface area contributed by atoms with Gasteiger partial charge < -0.3 is 9.64 Å². The van der Waals surface area contributed by atoms with Gasteiger partial charge in [0.25, 0.3) is 5.91 Å². The number of hydrogen-bond acceptors (Lipinski definition) is 3. The predicted octanol–water partition coefficient (Wildman–Crippen LogP) is 5.01. The van der Waals surface area contributed by atoms with Crippen molar-refractivity contribution in [3.05, 3.63) is 101 Å². The molecule has 2 aliphatic rings. The van der Waals surface area contributed by atoms with Gasteiger partial charge in [-0.15, -0.1) is 0 Å². The summed E-state index contributed by atoms with van der Waals surface area (Å²) in [5.74, 6) is 0.869. The first-order chi connectivity index (χ1) is 16.1. The number of carbonyl (C=O) groups is 2. The molecule has 0 saturated carbocycles. The van der Waals surface area contributed by atoms with E-state index in [1.165, 1.54) is 11.6 Å². The van der Waals surface area contributed by atoms with Crippen LogP contribution in [-0.2, 0) is 11.2 Å². The van der Waals surface area contributed by atoms with Crippen LogP contribution in [0.5, 0.6) is 5.75 Å². The molecule has 0 N–H and O–H groups in total. The van der Waals surface area contributed by atoms with E-state index in [1.54, 1.807) is 30.3 Å². The fourth-order valence-corrected chi connectivity index (χ4v) is 5.13. The second kappa shape index (κ2) is 9.18. The lowest BCUT2D eigenvalue weighted by Gasteiger charge is -2.37. The number of rotatable bonds is 4. The largest absolute Gasteiger partial charge is 0.486 e. The zero-order chi connectivity index (χ0) is 22.8. The van der Waals surface area contributed by atoms with Crippen molar-refractivity contribution in [1.29, 1.82) is 0 Å². The third-order valence-corrected chi connectivity index (χ3v) is 6.75. The van der Waals surface area contributed by atoms with Gasteiger partial charge in [-0.05, 0) is 60.2 Å². The molecule has 1 fully saturated rings. The number of ether oxygens (including phenoxy) is 1. The zero-order valence-corrected chi connectivity index (χ0v) is 18.4. The highest BCUT2D eigenvalue weighted by Gasteiger charge is 2.31. The molecule has 5 rings (SSSR count). The molecule has 0 aliphatic carbocycles. The Labute approximate surface area is 193 Å². The second-order valence-corrected chi connectivity index (χ2v) is 8.90. The average molecular weight is 444 g/mol. The minimum Gasteiger partial charge on any atom is -0.486 e. The first-order valence-electron chi connectivity index (χ1n) is 11.5. The Hall–Kier alpha value is -3.47. The molecule has 1 atom stereocenters. The Kier molecular flexibility index (Phi) is 5.95. The van der Waals surface area contributed by atoms with Gasteiger partial charge in [-0.3, -0.25) is 9.59 Å². The van der Waals surface area contributed by atoms with E-state index in [2.05, 4.69) is 12.1 Å². The molecule has 1 amide bonds. The van der Waals surface area contributed by atoms with Gasteiger partial charge in [0.05, 0.1) is 0 Å². The van der Waals surface area contributed by atoms with Crippen molar-refractivity contribution in [3.8, 4) is 5.75 Å². The van der Waals surface area contributed by atoms with Gasteiger partial charge in [0.2, 0.25) is 0 Å². The third kappa shape index (κ3) is 4.54. The van der Waals surface area contributed by atoms with Gasteiger partial charge in [-0.25, -0.2) is 4.39 Å². The zero-order valence-electron chi connectivity index (χ0n) is 18.4. The molecular weight excluding hydrogens is 417 g/mol. The maximum absolute atomic E-state index is 14.0. The number of nitrogens with zero attached hydrogens (tertiary/aromatic N) is 1. The Balaban J connectivity index is 1.32. The first-order valence-corrected chi connectivity index (χ1v) is 11.5. The molecule has 0 bridgehead atoms. The van der Waals surface area contributed by atoms with E-state index in [9.17, 15) is 14.0 Å². The van der Waals surface area contributed by atoms with Crippen molar-refractivity contribution in [2.45, 2.75) is 25.2 Å². The molecule has 5 heteroatoms. The van der Waals surface area contributed by atoms with Crippen LogP contribution in [0.1, 0.15) is 45.8 Å². The van der Waals surface area contributed by atoms with Gasteiger partial charge in [0.15, 0.2) is 5.78 Å². The molecule has 0 radical (unpaired) electrons. The Morgan fingerprint density at radius 3 is 2.45 bits per heavy atom. The summed E-state index contributed by atoms with van der Waals surface area (Å²) in [7, 11) is 0. The highest BCUT2D eigenvalue weighted by atomic mass is 19.1. The van der Waals surface area contributed by atoms with Crippen molar-refractivity contribution < 1.29 is 18.7 Å². The van der Waals surface area contributed by atoms with Gasteiger partial charge in [0.1, 0.15) is 18.2 Å². The highest BCUT2D eigenvalue weighted by Crippen LogP contribution is 2.38. The Morgan fingerprint density at radius 2 is 1.70 bits per heavy atom. The number of amides is 1. The van der Waals surface area contributed by atoms with Crippen LogP contribution in [0.15, 0.2) is 72.8 Å². The molecule has 33 heavy (non-hydrogen) atoms. The van der Waals surface area contributed by atoms with E-state index in [0.717, 1.165) is 24.0 Å². The van der Waals surface area contributed by atoms with Crippen LogP contribution >= 0.6 is 0 Å². The van der Waals surface area contributed by atoms with Crippen LogP contribution in [0.4, 0.5) is 4.39 Å². The molecule has 4 nitrogen and oxygen atoms in total. The molecule has 0 unspecified atom stereocenters. The maximum Gasteiger partial charge on any atom is 0.253 e. The maximum atomic E-state index is 14.0. The fourth-order valence-electron chi connectivity index (χ4n) is 5.13. The molecule has 1 saturated heterocycles. The van der Waals surface area contributed by atoms with E-state index in [4.69, 9.17) is 4.74 Å². The number of halogens is 1. The first kappa shape index (κ1) is 21.4. The summed E-state index contributed by atoms with van der Waals surface area (Å²) in [5, 5.41) is 0. The molecule has 2 heterocycles. The van der Waals surface area contributed by atoms with E-state index >= 15 is 0 Å². The van der Waals surface area contributed by atoms with Crippen LogP contribution in [0.3, 0.4) is 0 Å². The van der Waals surface area contributed by atoms with E-state index in [-0.39, 0.29) is 30.0 Å². The number of hydrogen-bond donors (Lipinski definition) is 0. The van der Waals surface area contributed by atoms with Crippen LogP contribution < -0.4 is 4.74 Å². The number of ketones is 1. The van der Waals surface area contributed by atoms with E-state index in [0.29, 0.717) is 36.7 Å². The average Bonchev–Trinajstić information content (AvgIpc) is 2.84. The lowest BCUT2D eigenvalue weighted by molar-refractivity contribution is -0.121. The quantitative estimate of drug-likeness (QED) is 0.569. The molecule has 2 aliphatic heterocycles. The number of carbonyl (C=O) groups excluding carboxylic acids is 2. The van der Waals surface area contributed by atoms with Crippen molar-refractivity contribution in [2.75, 3.05) is 19.7 Å². The van der Waals surface area contributed by atoms with Crippen LogP contribution in [-0.4, -0.2) is 36.3 Å². The SMILES string of the molecule is O=C1COc2ccc(C(=O)N3CCC([C@@H](c4ccccc4)c4cccc(F)c4)CC3)cc2C1. The lowest BCUT2D eigenvalue weighted by Crippen LogP contribution is -2.40. The summed E-state index contributed by atoms with van der Waals surface area (Å²) in [5.41, 5.74) is 3.52. The summed E-state index contributed by atoms with van der Waals surface area (Å²) in [6, 6.07) is 22.5. The monoisotopic (exact) mass is 443 g/mol. The predicted molar refractivity (Wildman–Crippen MR) is 124 cm³/mol. The second-order valence-electron chi connectivity index (χ2n) is 8.90. The van der Waals surface area contributed by atoms with Crippen LogP contribution in [0.25, 0.3) is 0 Å². The topological polar surface area (TPSA) is 46.6 Å². The fraction of sp³-hybridized carbons (Fsp3) is 0.286. The highest BCUT2D eigenvalue weighted by molar-refractivity contribution is 5.95. The van der Waals surface area contributed by atoms with Crippen molar-refractivity contribution in [2.24, 2.45) is 5.92 Å². The summed E-state index contributed by atoms with van der Waals surface area (Å²) >= 11 is 0. The number of benzene rings is 3. The number of Topliss-reactive ketones (excluding diaryl/α,β-unsaturated/α-hetero) is 1. The molecule has 0 aromatic heterocycles. The normalized spacial score (nSPS) is 17.2. The smallest absolute Gasteiger partial charge is 0.253 e. The molecule has 0 spiro atoms. The van der Waals surface area contributed by atoms with Crippen molar-refractivity contribution >= 4 is 11.7 Å². The van der Waals surface area contributed by atoms with Gasteiger partial charge in [-0.2, -0.15) is 0 Å². The molecule has 168 valence electrons. The molecular formula is C28H26FNO3. The summed E-state index contributed by atoms with van der Waals surface area (Å²) in [4.78, 5) is 26.8. The summed E-state index contributed by atoms with van der Waals surface area (Å²) in [6.07, 6.45) is 1.99. The van der Waals surface area contributed by atoms with Crippen LogP contribution in [0.2, 0.25) is 0 Å². The van der Waals surface area contributed by atoms with Crippen molar-refractivity contribution in [3.63, 3.8) is 0 Å². The number of fused-ring (bicyclic) bond motifs is 1. The number of likely N-dealkylation sites (tertiary alicyclic amines) is 1. The van der Waals surface area contributed by atoms with Gasteiger partial charge >= 0.3 is 0 Å². The minimum absolute atomic E-state index is 0.0173. The van der Waals surface area contributed by atoms with E-state index < -0.39 is 0 Å². The summed E-state index contributed by atoms with van der Waals surface area (Å²) in [6.45, 7) is 1.39. The molecule has 3 aromatic rings. The number of piperidine rings is 1. The minimum atomic E-state index is -0.226. The Morgan fingerprint density at radius 1 is 0.939 bits per heavy atom. The summed E-state index contributed by atoms with van der Waals surface area (Å²) < 4.78 is 19.5. The Bertz CT molecular complexity index is 1170. The lowest BCUT2D eigenvalue weighted by atomic mass is 9.76. The van der Waals surface area contributed by atoms with Gasteiger partial charge in [-0.1, -0.05) is 42.5 Å². The van der Waals surface area contributed by atoms with Crippen LogP contribution in [0, 0.1) is 11.7 Å². The van der Waals surface area contributed by atoms with E-state index in [1.807, 2.05) is 29.2 Å². The van der Waals surface area contributed by atoms with Crippen molar-refractivity contribution in [1.82, 2.24) is 4.90 Å². The third-order valence-electron chi connectivity index (χ3n) is 6.75. The van der Waals surface area contributed by atoms with Gasteiger partial charge in [0, 0.05) is 36.6 Å². The molecule has 3 aromatic carbocycles. The standard InChI is InChI=1S/C28H26FNO3/c29-24-8-4-7-21(16-24)27(19-5-2-1-3-6-19)20-11-13-30(14-12-20)28(32)22-9-10-26-23(15-22)17-25(31)18-33-26/h1-10,15-16,20,27H,11-14,17-18H2/t27-/m1/s1.